The summed E-state index contributed by atoms with van der Waals surface area (Å²) < 4.78 is 0. The van der Waals surface area contributed by atoms with Crippen LogP contribution in [0.1, 0.15) is 50.0 Å². The SMILES string of the molecule is CCNc1cc(C)ccc1C(=O)NC(C)CC(C)C. The third-order valence-corrected chi connectivity index (χ3v) is 2.99. The standard InChI is InChI=1S/C16H26N2O/c1-6-17-15-10-12(4)7-8-14(15)16(19)18-13(5)9-11(2)3/h7-8,10-11,13,17H,6,9H2,1-5H3,(H,18,19). The summed E-state index contributed by atoms with van der Waals surface area (Å²) in [5.74, 6) is 0.589. The van der Waals surface area contributed by atoms with Gasteiger partial charge in [0.15, 0.2) is 0 Å². The van der Waals surface area contributed by atoms with Crippen LogP contribution in [0.5, 0.6) is 0 Å². The number of carbonyl (C=O) groups is 1. The van der Waals surface area contributed by atoms with Crippen LogP contribution in [-0.4, -0.2) is 18.5 Å². The predicted molar refractivity (Wildman–Crippen MR) is 81.7 cm³/mol. The van der Waals surface area contributed by atoms with Crippen LogP contribution < -0.4 is 10.6 Å². The van der Waals surface area contributed by atoms with E-state index in [1.807, 2.05) is 32.0 Å². The lowest BCUT2D eigenvalue weighted by molar-refractivity contribution is 0.0937. The van der Waals surface area contributed by atoms with Crippen molar-refractivity contribution in [2.75, 3.05) is 11.9 Å². The molecule has 106 valence electrons. The van der Waals surface area contributed by atoms with Crippen molar-refractivity contribution in [2.45, 2.75) is 47.1 Å². The highest BCUT2D eigenvalue weighted by atomic mass is 16.1. The molecule has 19 heavy (non-hydrogen) atoms. The van der Waals surface area contributed by atoms with Gasteiger partial charge in [0.1, 0.15) is 0 Å². The molecule has 0 saturated heterocycles. The minimum Gasteiger partial charge on any atom is -0.385 e. The zero-order valence-corrected chi connectivity index (χ0v) is 12.7. The van der Waals surface area contributed by atoms with Gasteiger partial charge < -0.3 is 10.6 Å². The Labute approximate surface area is 116 Å². The molecule has 3 heteroatoms. The van der Waals surface area contributed by atoms with E-state index in [4.69, 9.17) is 0 Å². The van der Waals surface area contributed by atoms with Crippen LogP contribution in [0.4, 0.5) is 5.69 Å². The Balaban J connectivity index is 2.81. The highest BCUT2D eigenvalue weighted by molar-refractivity contribution is 5.99. The summed E-state index contributed by atoms with van der Waals surface area (Å²) >= 11 is 0. The quantitative estimate of drug-likeness (QED) is 0.822. The van der Waals surface area contributed by atoms with Gasteiger partial charge in [0.2, 0.25) is 0 Å². The van der Waals surface area contributed by atoms with E-state index in [2.05, 4.69) is 31.4 Å². The van der Waals surface area contributed by atoms with Crippen LogP contribution in [-0.2, 0) is 0 Å². The van der Waals surface area contributed by atoms with Crippen LogP contribution >= 0.6 is 0 Å². The normalized spacial score (nSPS) is 12.3. The molecule has 1 rings (SSSR count). The van der Waals surface area contributed by atoms with Gasteiger partial charge in [-0.2, -0.15) is 0 Å². The molecule has 1 unspecified atom stereocenters. The van der Waals surface area contributed by atoms with Crippen molar-refractivity contribution < 1.29 is 4.79 Å². The molecule has 0 spiro atoms. The first-order valence-corrected chi connectivity index (χ1v) is 7.09. The lowest BCUT2D eigenvalue weighted by Crippen LogP contribution is -2.33. The molecule has 0 radical (unpaired) electrons. The van der Waals surface area contributed by atoms with Crippen LogP contribution in [0, 0.1) is 12.8 Å². The topological polar surface area (TPSA) is 41.1 Å². The number of amides is 1. The number of carbonyl (C=O) groups excluding carboxylic acids is 1. The van der Waals surface area contributed by atoms with Crippen molar-refractivity contribution in [3.05, 3.63) is 29.3 Å². The fraction of sp³-hybridized carbons (Fsp3) is 0.562. The zero-order chi connectivity index (χ0) is 14.4. The molecule has 0 heterocycles. The van der Waals surface area contributed by atoms with Gasteiger partial charge in [0, 0.05) is 18.3 Å². The predicted octanol–water partition coefficient (Wildman–Crippen LogP) is 3.59. The number of nitrogens with one attached hydrogen (secondary N) is 2. The first-order valence-electron chi connectivity index (χ1n) is 7.09. The van der Waals surface area contributed by atoms with E-state index in [0.717, 1.165) is 29.8 Å². The maximum atomic E-state index is 12.3. The molecule has 0 aliphatic rings. The van der Waals surface area contributed by atoms with Gasteiger partial charge in [-0.05, 0) is 50.8 Å². The first kappa shape index (κ1) is 15.5. The largest absolute Gasteiger partial charge is 0.385 e. The second-order valence-electron chi connectivity index (χ2n) is 5.58. The van der Waals surface area contributed by atoms with Crippen molar-refractivity contribution in [1.82, 2.24) is 5.32 Å². The summed E-state index contributed by atoms with van der Waals surface area (Å²) in [4.78, 5) is 12.3. The third-order valence-electron chi connectivity index (χ3n) is 2.99. The lowest BCUT2D eigenvalue weighted by Gasteiger charge is -2.18. The summed E-state index contributed by atoms with van der Waals surface area (Å²) in [5.41, 5.74) is 2.79. The van der Waals surface area contributed by atoms with Gasteiger partial charge in [-0.1, -0.05) is 19.9 Å². The number of hydrogen-bond donors (Lipinski definition) is 2. The van der Waals surface area contributed by atoms with E-state index in [1.54, 1.807) is 0 Å². The number of anilines is 1. The first-order chi connectivity index (χ1) is 8.93. The fourth-order valence-corrected chi connectivity index (χ4v) is 2.26. The van der Waals surface area contributed by atoms with E-state index in [9.17, 15) is 4.79 Å². The number of hydrogen-bond acceptors (Lipinski definition) is 2. The van der Waals surface area contributed by atoms with Gasteiger partial charge in [0.25, 0.3) is 5.91 Å². The van der Waals surface area contributed by atoms with Gasteiger partial charge in [0.05, 0.1) is 5.56 Å². The molecule has 0 fully saturated rings. The molecular weight excluding hydrogens is 236 g/mol. The maximum absolute atomic E-state index is 12.3. The highest BCUT2D eigenvalue weighted by Gasteiger charge is 2.14. The second-order valence-corrected chi connectivity index (χ2v) is 5.58. The molecule has 1 aromatic carbocycles. The Morgan fingerprint density at radius 1 is 1.26 bits per heavy atom. The third kappa shape index (κ3) is 4.93. The average Bonchev–Trinajstić information content (AvgIpc) is 2.27. The van der Waals surface area contributed by atoms with E-state index < -0.39 is 0 Å². The summed E-state index contributed by atoms with van der Waals surface area (Å²) in [6.07, 6.45) is 0.994. The molecule has 0 bridgehead atoms. The highest BCUT2D eigenvalue weighted by Crippen LogP contribution is 2.18. The Hall–Kier alpha value is -1.51. The van der Waals surface area contributed by atoms with Gasteiger partial charge >= 0.3 is 0 Å². The van der Waals surface area contributed by atoms with Gasteiger partial charge in [-0.3, -0.25) is 4.79 Å². The number of rotatable bonds is 6. The minimum atomic E-state index is 0.00380. The van der Waals surface area contributed by atoms with Gasteiger partial charge in [-0.25, -0.2) is 0 Å². The molecule has 3 nitrogen and oxygen atoms in total. The molecule has 0 saturated carbocycles. The lowest BCUT2D eigenvalue weighted by atomic mass is 10.0. The Bertz CT molecular complexity index is 427. The average molecular weight is 262 g/mol. The van der Waals surface area contributed by atoms with Crippen molar-refractivity contribution in [3.63, 3.8) is 0 Å². The molecule has 1 atom stereocenters. The molecule has 0 aromatic heterocycles. The van der Waals surface area contributed by atoms with E-state index in [-0.39, 0.29) is 11.9 Å². The Kier molecular flexibility index (Phi) is 5.87. The maximum Gasteiger partial charge on any atom is 0.253 e. The molecule has 1 aromatic rings. The summed E-state index contributed by atoms with van der Waals surface area (Å²) in [6, 6.07) is 6.09. The van der Waals surface area contributed by atoms with Crippen molar-refractivity contribution >= 4 is 11.6 Å². The minimum absolute atomic E-state index is 0.00380. The van der Waals surface area contributed by atoms with Crippen LogP contribution in [0.3, 0.4) is 0 Å². The van der Waals surface area contributed by atoms with E-state index in [1.165, 1.54) is 0 Å². The van der Waals surface area contributed by atoms with Gasteiger partial charge in [-0.15, -0.1) is 0 Å². The monoisotopic (exact) mass is 262 g/mol. The molecule has 2 N–H and O–H groups in total. The number of benzene rings is 1. The summed E-state index contributed by atoms with van der Waals surface area (Å²) in [5, 5.41) is 6.32. The Morgan fingerprint density at radius 3 is 2.53 bits per heavy atom. The number of aryl methyl sites for hydroxylation is 1. The molecule has 0 aliphatic carbocycles. The Morgan fingerprint density at radius 2 is 1.95 bits per heavy atom. The van der Waals surface area contributed by atoms with Crippen molar-refractivity contribution in [1.29, 1.82) is 0 Å². The smallest absolute Gasteiger partial charge is 0.253 e. The van der Waals surface area contributed by atoms with Crippen LogP contribution in [0.15, 0.2) is 18.2 Å². The summed E-state index contributed by atoms with van der Waals surface area (Å²) in [6.45, 7) is 11.3. The zero-order valence-electron chi connectivity index (χ0n) is 12.7. The van der Waals surface area contributed by atoms with E-state index >= 15 is 0 Å². The summed E-state index contributed by atoms with van der Waals surface area (Å²) in [7, 11) is 0. The molecule has 1 amide bonds. The van der Waals surface area contributed by atoms with Crippen molar-refractivity contribution in [3.8, 4) is 0 Å². The van der Waals surface area contributed by atoms with Crippen molar-refractivity contribution in [2.24, 2.45) is 5.92 Å². The molecule has 0 aliphatic heterocycles. The second kappa shape index (κ2) is 7.17. The molecular formula is C16H26N2O. The van der Waals surface area contributed by atoms with Crippen LogP contribution in [0.25, 0.3) is 0 Å². The van der Waals surface area contributed by atoms with E-state index in [0.29, 0.717) is 5.92 Å². The fourth-order valence-electron chi connectivity index (χ4n) is 2.26. The van der Waals surface area contributed by atoms with Crippen LogP contribution in [0.2, 0.25) is 0 Å².